The largest absolute Gasteiger partial charge is 0.478 e. The van der Waals surface area contributed by atoms with Crippen LogP contribution in [0.4, 0.5) is 0 Å². The van der Waals surface area contributed by atoms with Crippen LogP contribution in [-0.4, -0.2) is 22.2 Å². The molecule has 4 saturated carbocycles. The van der Waals surface area contributed by atoms with Gasteiger partial charge in [0.15, 0.2) is 0 Å². The number of hydrogen-bond acceptors (Lipinski definition) is 2. The third kappa shape index (κ3) is 2.43. The van der Waals surface area contributed by atoms with Crippen LogP contribution >= 0.6 is 0 Å². The second-order valence-electron chi connectivity index (χ2n) is 8.94. The molecule has 2 aromatic carbocycles. The molecule has 0 heterocycles. The van der Waals surface area contributed by atoms with Crippen LogP contribution in [0.2, 0.25) is 0 Å². The zero-order chi connectivity index (χ0) is 19.5. The maximum absolute atomic E-state index is 11.3. The average Bonchev–Trinajstić information content (AvgIpc) is 2.68. The highest BCUT2D eigenvalue weighted by Gasteiger charge is 2.58. The molecule has 0 spiro atoms. The van der Waals surface area contributed by atoms with Gasteiger partial charge in [-0.05, 0) is 91.2 Å². The van der Waals surface area contributed by atoms with Gasteiger partial charge in [0.05, 0.1) is 11.1 Å². The number of carboxylic acid groups (broad SMARTS) is 2. The third-order valence-corrected chi connectivity index (χ3v) is 7.65. The Morgan fingerprint density at radius 3 is 1.32 bits per heavy atom. The molecule has 0 saturated heterocycles. The zero-order valence-corrected chi connectivity index (χ0v) is 15.7. The van der Waals surface area contributed by atoms with Gasteiger partial charge in [-0.1, -0.05) is 24.3 Å². The number of aromatic carboxylic acids is 2. The van der Waals surface area contributed by atoms with E-state index in [2.05, 4.69) is 0 Å². The monoisotopic (exact) mass is 376 g/mol. The summed E-state index contributed by atoms with van der Waals surface area (Å²) >= 11 is 0. The first kappa shape index (κ1) is 17.5. The topological polar surface area (TPSA) is 74.6 Å². The molecule has 0 amide bonds. The van der Waals surface area contributed by atoms with Crippen LogP contribution in [0.15, 0.2) is 48.5 Å². The van der Waals surface area contributed by atoms with Gasteiger partial charge in [-0.3, -0.25) is 0 Å². The van der Waals surface area contributed by atoms with Crippen molar-refractivity contribution in [1.82, 2.24) is 0 Å². The fourth-order valence-corrected chi connectivity index (χ4v) is 6.81. The van der Waals surface area contributed by atoms with E-state index >= 15 is 0 Å². The summed E-state index contributed by atoms with van der Waals surface area (Å²) in [6, 6.07) is 14.9. The molecule has 0 atom stereocenters. The standard InChI is InChI=1S/C24H24O4/c25-22(26)16-1-5-18(6-2-16)24(19-7-3-17(4-8-19)23(27)28)20-10-14-9-15(12-20)13-21(24)11-14/h1-8,14-15,20-21H,9-13H2,(H,25,26)(H,27,28). The summed E-state index contributed by atoms with van der Waals surface area (Å²) in [5.74, 6) is 0.887. The quantitative estimate of drug-likeness (QED) is 0.802. The summed E-state index contributed by atoms with van der Waals surface area (Å²) in [7, 11) is 0. The SMILES string of the molecule is O=C(O)c1ccc(C2(c3ccc(C(=O)O)cc3)C3CC4CC(C3)CC2C4)cc1. The van der Waals surface area contributed by atoms with Crippen molar-refractivity contribution in [3.63, 3.8) is 0 Å². The molecule has 4 bridgehead atoms. The van der Waals surface area contributed by atoms with Gasteiger partial charge < -0.3 is 10.2 Å². The molecule has 0 aromatic heterocycles. The Labute approximate surface area is 164 Å². The molecule has 4 nitrogen and oxygen atoms in total. The lowest BCUT2D eigenvalue weighted by Crippen LogP contribution is -2.56. The maximum atomic E-state index is 11.3. The number of carboxylic acids is 2. The Morgan fingerprint density at radius 2 is 1.00 bits per heavy atom. The molecule has 0 aliphatic heterocycles. The maximum Gasteiger partial charge on any atom is 0.335 e. The number of carbonyl (C=O) groups is 2. The molecule has 28 heavy (non-hydrogen) atoms. The van der Waals surface area contributed by atoms with E-state index in [4.69, 9.17) is 0 Å². The van der Waals surface area contributed by atoms with Gasteiger partial charge in [0.25, 0.3) is 0 Å². The molecule has 2 aromatic rings. The summed E-state index contributed by atoms with van der Waals surface area (Å²) < 4.78 is 0. The molecule has 4 aliphatic rings. The highest BCUT2D eigenvalue weighted by molar-refractivity contribution is 5.88. The zero-order valence-electron chi connectivity index (χ0n) is 15.7. The van der Waals surface area contributed by atoms with Gasteiger partial charge in [-0.15, -0.1) is 0 Å². The van der Waals surface area contributed by atoms with E-state index < -0.39 is 11.9 Å². The van der Waals surface area contributed by atoms with E-state index in [-0.39, 0.29) is 5.41 Å². The van der Waals surface area contributed by atoms with Crippen LogP contribution in [0.25, 0.3) is 0 Å². The molecular formula is C24H24O4. The molecule has 4 fully saturated rings. The van der Waals surface area contributed by atoms with Crippen molar-refractivity contribution < 1.29 is 19.8 Å². The Bertz CT molecular complexity index is 839. The first-order valence-electron chi connectivity index (χ1n) is 10.2. The van der Waals surface area contributed by atoms with Gasteiger partial charge in [-0.2, -0.15) is 0 Å². The molecule has 4 heteroatoms. The second kappa shape index (κ2) is 6.20. The van der Waals surface area contributed by atoms with Crippen molar-refractivity contribution in [2.24, 2.45) is 23.7 Å². The first-order valence-corrected chi connectivity index (χ1v) is 10.2. The normalized spacial score (nSPS) is 29.6. The smallest absolute Gasteiger partial charge is 0.335 e. The van der Waals surface area contributed by atoms with E-state index in [1.165, 1.54) is 43.2 Å². The predicted octanol–water partition coefficient (Wildman–Crippen LogP) is 4.83. The van der Waals surface area contributed by atoms with Gasteiger partial charge in [0.2, 0.25) is 0 Å². The van der Waals surface area contributed by atoms with Crippen molar-refractivity contribution in [3.8, 4) is 0 Å². The van der Waals surface area contributed by atoms with E-state index in [1.54, 1.807) is 24.3 Å². The van der Waals surface area contributed by atoms with E-state index in [0.29, 0.717) is 23.0 Å². The van der Waals surface area contributed by atoms with E-state index in [1.807, 2.05) is 24.3 Å². The van der Waals surface area contributed by atoms with Crippen LogP contribution < -0.4 is 0 Å². The molecule has 144 valence electrons. The summed E-state index contributed by atoms with van der Waals surface area (Å²) in [4.78, 5) is 22.7. The number of benzene rings is 2. The fourth-order valence-electron chi connectivity index (χ4n) is 6.81. The fraction of sp³-hybridized carbons (Fsp3) is 0.417. The first-order chi connectivity index (χ1) is 13.5. The molecule has 0 unspecified atom stereocenters. The Morgan fingerprint density at radius 1 is 0.643 bits per heavy atom. The van der Waals surface area contributed by atoms with Crippen molar-refractivity contribution in [3.05, 3.63) is 70.8 Å². The average molecular weight is 376 g/mol. The molecule has 2 N–H and O–H groups in total. The Kier molecular flexibility index (Phi) is 3.87. The minimum atomic E-state index is -0.906. The van der Waals surface area contributed by atoms with Gasteiger partial charge in [0, 0.05) is 5.41 Å². The van der Waals surface area contributed by atoms with Crippen molar-refractivity contribution in [1.29, 1.82) is 0 Å². The lowest BCUT2D eigenvalue weighted by atomic mass is 9.42. The third-order valence-electron chi connectivity index (χ3n) is 7.65. The van der Waals surface area contributed by atoms with E-state index in [0.717, 1.165) is 11.8 Å². The van der Waals surface area contributed by atoms with Gasteiger partial charge in [0.1, 0.15) is 0 Å². The lowest BCUT2D eigenvalue weighted by molar-refractivity contribution is -0.0418. The van der Waals surface area contributed by atoms with Crippen LogP contribution in [0.5, 0.6) is 0 Å². The predicted molar refractivity (Wildman–Crippen MR) is 105 cm³/mol. The van der Waals surface area contributed by atoms with Crippen LogP contribution in [0.1, 0.15) is 63.9 Å². The van der Waals surface area contributed by atoms with Crippen molar-refractivity contribution >= 4 is 11.9 Å². The van der Waals surface area contributed by atoms with Crippen LogP contribution in [0, 0.1) is 23.7 Å². The van der Waals surface area contributed by atoms with Crippen molar-refractivity contribution in [2.45, 2.75) is 37.5 Å². The summed E-state index contributed by atoms with van der Waals surface area (Å²) in [5.41, 5.74) is 2.86. The minimum absolute atomic E-state index is 0.137. The van der Waals surface area contributed by atoms with E-state index in [9.17, 15) is 19.8 Å². The molecule has 6 rings (SSSR count). The number of rotatable bonds is 4. The van der Waals surface area contributed by atoms with Crippen molar-refractivity contribution in [2.75, 3.05) is 0 Å². The molecule has 4 aliphatic carbocycles. The highest BCUT2D eigenvalue weighted by Crippen LogP contribution is 2.65. The highest BCUT2D eigenvalue weighted by atomic mass is 16.4. The summed E-state index contributed by atoms with van der Waals surface area (Å²) in [6.45, 7) is 0. The van der Waals surface area contributed by atoms with Gasteiger partial charge in [-0.25, -0.2) is 9.59 Å². The van der Waals surface area contributed by atoms with Crippen LogP contribution in [-0.2, 0) is 5.41 Å². The lowest BCUT2D eigenvalue weighted by Gasteiger charge is -2.62. The number of hydrogen-bond donors (Lipinski definition) is 2. The minimum Gasteiger partial charge on any atom is -0.478 e. The van der Waals surface area contributed by atoms with Gasteiger partial charge >= 0.3 is 11.9 Å². The second-order valence-corrected chi connectivity index (χ2v) is 8.94. The Hall–Kier alpha value is -2.62. The molecular weight excluding hydrogens is 352 g/mol. The molecule has 0 radical (unpaired) electrons. The summed E-state index contributed by atoms with van der Waals surface area (Å²) in [5, 5.41) is 18.6. The van der Waals surface area contributed by atoms with Crippen LogP contribution in [0.3, 0.4) is 0 Å². The summed E-state index contributed by atoms with van der Waals surface area (Å²) in [6.07, 6.45) is 6.23. The Balaban J connectivity index is 1.66.